The maximum atomic E-state index is 5.60. The SMILES string of the molecule is CC(C)Oc1ccc(/C=N/NC(=NCl)N/N=C/c2ccc(OC(C)C)cc2)cc1. The second-order valence-corrected chi connectivity index (χ2v) is 6.81. The van der Waals surface area contributed by atoms with Crippen LogP contribution in [0.5, 0.6) is 11.5 Å². The van der Waals surface area contributed by atoms with Gasteiger partial charge in [-0.1, -0.05) is 0 Å². The smallest absolute Gasteiger partial charge is 0.250 e. The largest absolute Gasteiger partial charge is 0.491 e. The van der Waals surface area contributed by atoms with Crippen LogP contribution in [0, 0.1) is 0 Å². The summed E-state index contributed by atoms with van der Waals surface area (Å²) in [5.41, 5.74) is 7.18. The van der Waals surface area contributed by atoms with E-state index in [0.717, 1.165) is 22.6 Å². The predicted octanol–water partition coefficient (Wildman–Crippen LogP) is 4.32. The van der Waals surface area contributed by atoms with Gasteiger partial charge in [0.25, 0.3) is 0 Å². The van der Waals surface area contributed by atoms with Gasteiger partial charge < -0.3 is 9.47 Å². The Hall–Kier alpha value is -3.06. The zero-order valence-electron chi connectivity index (χ0n) is 17.0. The van der Waals surface area contributed by atoms with Crippen molar-refractivity contribution in [3.8, 4) is 11.5 Å². The first kappa shape index (κ1) is 22.2. The highest BCUT2D eigenvalue weighted by molar-refractivity contribution is 6.19. The Bertz CT molecular complexity index is 764. The van der Waals surface area contributed by atoms with E-state index in [0.29, 0.717) is 0 Å². The molecule has 2 N–H and O–H groups in total. The minimum Gasteiger partial charge on any atom is -0.491 e. The van der Waals surface area contributed by atoms with E-state index < -0.39 is 0 Å². The third kappa shape index (κ3) is 8.66. The van der Waals surface area contributed by atoms with Gasteiger partial charge in [-0.3, -0.25) is 0 Å². The number of ether oxygens (including phenoxy) is 2. The van der Waals surface area contributed by atoms with Crippen LogP contribution in [-0.2, 0) is 0 Å². The average Bonchev–Trinajstić information content (AvgIpc) is 2.68. The fourth-order valence-electron chi connectivity index (χ4n) is 2.21. The van der Waals surface area contributed by atoms with Crippen molar-refractivity contribution in [3.63, 3.8) is 0 Å². The Morgan fingerprint density at radius 3 is 1.45 bits per heavy atom. The summed E-state index contributed by atoms with van der Waals surface area (Å²) in [6.07, 6.45) is 3.55. The van der Waals surface area contributed by atoms with Crippen LogP contribution in [0.2, 0.25) is 0 Å². The van der Waals surface area contributed by atoms with Crippen molar-refractivity contribution < 1.29 is 9.47 Å². The molecule has 0 unspecified atom stereocenters. The van der Waals surface area contributed by atoms with Gasteiger partial charge in [0.1, 0.15) is 11.5 Å². The van der Waals surface area contributed by atoms with Crippen molar-refractivity contribution in [1.82, 2.24) is 10.9 Å². The van der Waals surface area contributed by atoms with Gasteiger partial charge in [-0.2, -0.15) is 10.2 Å². The Kier molecular flexibility index (Phi) is 8.98. The first-order valence-electron chi connectivity index (χ1n) is 9.27. The Morgan fingerprint density at radius 1 is 0.759 bits per heavy atom. The van der Waals surface area contributed by atoms with E-state index in [4.69, 9.17) is 21.3 Å². The molecule has 154 valence electrons. The summed E-state index contributed by atoms with van der Waals surface area (Å²) in [6, 6.07) is 15.2. The molecule has 2 rings (SSSR count). The maximum absolute atomic E-state index is 5.60. The number of rotatable bonds is 8. The summed E-state index contributed by atoms with van der Waals surface area (Å²) in [7, 11) is 0. The monoisotopic (exact) mass is 415 g/mol. The third-order valence-corrected chi connectivity index (χ3v) is 3.53. The van der Waals surface area contributed by atoms with Crippen LogP contribution in [0.4, 0.5) is 0 Å². The van der Waals surface area contributed by atoms with E-state index in [1.807, 2.05) is 76.2 Å². The van der Waals surface area contributed by atoms with Gasteiger partial charge in [0.15, 0.2) is 0 Å². The van der Waals surface area contributed by atoms with Gasteiger partial charge in [0.05, 0.1) is 24.6 Å². The molecule has 0 aliphatic carbocycles. The lowest BCUT2D eigenvalue weighted by atomic mass is 10.2. The van der Waals surface area contributed by atoms with E-state index >= 15 is 0 Å². The van der Waals surface area contributed by atoms with Crippen molar-refractivity contribution in [3.05, 3.63) is 59.7 Å². The molecular formula is C21H26ClN5O2. The highest BCUT2D eigenvalue weighted by atomic mass is 35.5. The normalized spacial score (nSPS) is 11.3. The Labute approximate surface area is 176 Å². The molecule has 2 aromatic carbocycles. The summed E-state index contributed by atoms with van der Waals surface area (Å²) < 4.78 is 14.8. The summed E-state index contributed by atoms with van der Waals surface area (Å²) in [5.74, 6) is 1.82. The van der Waals surface area contributed by atoms with Crippen LogP contribution < -0.4 is 20.3 Å². The molecule has 0 spiro atoms. The number of hydrazone groups is 2. The van der Waals surface area contributed by atoms with Crippen LogP contribution >= 0.6 is 11.8 Å². The van der Waals surface area contributed by atoms with Crippen LogP contribution in [0.25, 0.3) is 0 Å². The van der Waals surface area contributed by atoms with E-state index in [2.05, 4.69) is 25.6 Å². The summed E-state index contributed by atoms with van der Waals surface area (Å²) in [4.78, 5) is 0. The van der Waals surface area contributed by atoms with E-state index in [-0.39, 0.29) is 18.2 Å². The molecule has 0 fully saturated rings. The Morgan fingerprint density at radius 2 is 1.14 bits per heavy atom. The van der Waals surface area contributed by atoms with E-state index in [1.165, 1.54) is 0 Å². The van der Waals surface area contributed by atoms with Gasteiger partial charge >= 0.3 is 0 Å². The van der Waals surface area contributed by atoms with Crippen LogP contribution in [0.1, 0.15) is 38.8 Å². The first-order valence-corrected chi connectivity index (χ1v) is 9.60. The summed E-state index contributed by atoms with van der Waals surface area (Å²) >= 11 is 5.55. The molecule has 0 saturated heterocycles. The second kappa shape index (κ2) is 11.7. The molecule has 0 aromatic heterocycles. The molecule has 0 bridgehead atoms. The number of hydrogen-bond acceptors (Lipinski definition) is 5. The van der Waals surface area contributed by atoms with Crippen molar-refractivity contribution >= 4 is 30.2 Å². The van der Waals surface area contributed by atoms with Crippen LogP contribution in [0.15, 0.2) is 63.2 Å². The molecule has 0 atom stereocenters. The number of halogens is 1. The maximum Gasteiger partial charge on any atom is 0.250 e. The molecular weight excluding hydrogens is 390 g/mol. The number of nitrogens with one attached hydrogen (secondary N) is 2. The van der Waals surface area contributed by atoms with E-state index in [1.54, 1.807) is 12.4 Å². The lowest BCUT2D eigenvalue weighted by Crippen LogP contribution is -2.30. The van der Waals surface area contributed by atoms with Crippen LogP contribution in [-0.4, -0.2) is 30.6 Å². The average molecular weight is 416 g/mol. The van der Waals surface area contributed by atoms with Crippen molar-refractivity contribution in [1.29, 1.82) is 0 Å². The molecule has 0 aliphatic rings. The van der Waals surface area contributed by atoms with Gasteiger partial charge in [0, 0.05) is 11.8 Å². The number of benzene rings is 2. The molecule has 8 heteroatoms. The number of guanidine groups is 1. The van der Waals surface area contributed by atoms with Gasteiger partial charge in [-0.05, 0) is 87.4 Å². The van der Waals surface area contributed by atoms with Gasteiger partial charge in [-0.15, -0.1) is 4.51 Å². The van der Waals surface area contributed by atoms with Gasteiger partial charge in [0.2, 0.25) is 5.96 Å². The highest BCUT2D eigenvalue weighted by Crippen LogP contribution is 2.13. The first-order chi connectivity index (χ1) is 14.0. The van der Waals surface area contributed by atoms with Gasteiger partial charge in [-0.25, -0.2) is 10.9 Å². The topological polar surface area (TPSA) is 79.6 Å². The minimum atomic E-state index is 0.136. The van der Waals surface area contributed by atoms with Crippen molar-refractivity contribution in [2.45, 2.75) is 39.9 Å². The van der Waals surface area contributed by atoms with Crippen LogP contribution in [0.3, 0.4) is 0 Å². The molecule has 2 aromatic rings. The zero-order chi connectivity index (χ0) is 21.1. The van der Waals surface area contributed by atoms with Crippen molar-refractivity contribution in [2.24, 2.45) is 14.7 Å². The summed E-state index contributed by atoms with van der Waals surface area (Å²) in [5, 5.41) is 8.17. The Balaban J connectivity index is 1.82. The number of nitrogens with zero attached hydrogens (tertiary/aromatic N) is 3. The van der Waals surface area contributed by atoms with E-state index in [9.17, 15) is 0 Å². The fraction of sp³-hybridized carbons (Fsp3) is 0.286. The highest BCUT2D eigenvalue weighted by Gasteiger charge is 1.99. The number of hydrogen-bond donors (Lipinski definition) is 2. The molecule has 29 heavy (non-hydrogen) atoms. The predicted molar refractivity (Wildman–Crippen MR) is 119 cm³/mol. The summed E-state index contributed by atoms with van der Waals surface area (Å²) in [6.45, 7) is 7.94. The fourth-order valence-corrected chi connectivity index (χ4v) is 2.28. The molecule has 0 amide bonds. The molecule has 7 nitrogen and oxygen atoms in total. The minimum absolute atomic E-state index is 0.136. The second-order valence-electron chi connectivity index (χ2n) is 6.64. The lowest BCUT2D eigenvalue weighted by Gasteiger charge is -2.09. The zero-order valence-corrected chi connectivity index (χ0v) is 17.7. The standard InChI is InChI=1S/C21H26ClN5O2/c1-15(2)28-19-9-5-17(6-10-19)13-23-26-21(25-22)27-24-14-18-7-11-20(12-8-18)29-16(3)4/h5-16H,1-4H3,(H2,25,26,27)/b23-13+,24-14+. The molecule has 0 saturated carbocycles. The molecule has 0 aliphatic heterocycles. The van der Waals surface area contributed by atoms with Crippen molar-refractivity contribution in [2.75, 3.05) is 0 Å². The third-order valence-electron chi connectivity index (χ3n) is 3.36. The molecule has 0 heterocycles. The quantitative estimate of drug-likeness (QED) is 0.382. The molecule has 0 radical (unpaired) electrons. The lowest BCUT2D eigenvalue weighted by molar-refractivity contribution is 0.242.